The molecule has 0 heterocycles. The number of hydrogen-bond acceptors (Lipinski definition) is 2. The van der Waals surface area contributed by atoms with Gasteiger partial charge in [0.25, 0.3) is 0 Å². The summed E-state index contributed by atoms with van der Waals surface area (Å²) in [7, 11) is 1.56. The minimum atomic E-state index is -0.0267. The molecule has 0 fully saturated rings. The van der Waals surface area contributed by atoms with Crippen molar-refractivity contribution >= 4 is 23.2 Å². The first-order valence-electron chi connectivity index (χ1n) is 7.19. The SMILES string of the molecule is COc1ccc(NC(=O)CCc2ccc(C)cc2C)cc1Cl. The first-order valence-corrected chi connectivity index (χ1v) is 7.57. The molecule has 4 heteroatoms. The maximum Gasteiger partial charge on any atom is 0.224 e. The van der Waals surface area contributed by atoms with Crippen LogP contribution in [0.1, 0.15) is 23.1 Å². The van der Waals surface area contributed by atoms with Crippen LogP contribution in [0.15, 0.2) is 36.4 Å². The molecule has 0 radical (unpaired) electrons. The molecule has 0 aliphatic carbocycles. The number of nitrogens with one attached hydrogen (secondary N) is 1. The van der Waals surface area contributed by atoms with E-state index in [0.29, 0.717) is 22.9 Å². The number of anilines is 1. The number of amides is 1. The summed E-state index contributed by atoms with van der Waals surface area (Å²) in [4.78, 5) is 12.0. The van der Waals surface area contributed by atoms with Gasteiger partial charge in [-0.2, -0.15) is 0 Å². The third-order valence-corrected chi connectivity index (χ3v) is 3.85. The van der Waals surface area contributed by atoms with Gasteiger partial charge >= 0.3 is 0 Å². The third kappa shape index (κ3) is 4.25. The van der Waals surface area contributed by atoms with Gasteiger partial charge in [-0.3, -0.25) is 4.79 Å². The van der Waals surface area contributed by atoms with E-state index in [0.717, 1.165) is 6.42 Å². The quantitative estimate of drug-likeness (QED) is 0.879. The lowest BCUT2D eigenvalue weighted by Gasteiger charge is -2.09. The van der Waals surface area contributed by atoms with Gasteiger partial charge in [-0.1, -0.05) is 35.4 Å². The second kappa shape index (κ2) is 7.32. The molecule has 0 saturated heterocycles. The zero-order valence-corrected chi connectivity index (χ0v) is 13.8. The Morgan fingerprint density at radius 2 is 1.95 bits per heavy atom. The number of aryl methyl sites for hydroxylation is 3. The van der Waals surface area contributed by atoms with Crippen molar-refractivity contribution in [2.24, 2.45) is 0 Å². The highest BCUT2D eigenvalue weighted by atomic mass is 35.5. The van der Waals surface area contributed by atoms with Crippen LogP contribution < -0.4 is 10.1 Å². The predicted molar refractivity (Wildman–Crippen MR) is 90.9 cm³/mol. The molecule has 0 aliphatic heterocycles. The molecule has 3 nitrogen and oxygen atoms in total. The maximum atomic E-state index is 12.0. The summed E-state index contributed by atoms with van der Waals surface area (Å²) in [6, 6.07) is 11.5. The van der Waals surface area contributed by atoms with Crippen LogP contribution in [0.3, 0.4) is 0 Å². The van der Waals surface area contributed by atoms with E-state index in [-0.39, 0.29) is 5.91 Å². The Morgan fingerprint density at radius 3 is 2.59 bits per heavy atom. The largest absolute Gasteiger partial charge is 0.495 e. The predicted octanol–water partition coefficient (Wildman–Crippen LogP) is 4.54. The fraction of sp³-hybridized carbons (Fsp3) is 0.278. The molecule has 0 atom stereocenters. The van der Waals surface area contributed by atoms with Gasteiger partial charge in [-0.15, -0.1) is 0 Å². The van der Waals surface area contributed by atoms with Crippen LogP contribution in [-0.2, 0) is 11.2 Å². The van der Waals surface area contributed by atoms with Crippen LogP contribution in [0.4, 0.5) is 5.69 Å². The van der Waals surface area contributed by atoms with E-state index in [1.807, 2.05) is 0 Å². The topological polar surface area (TPSA) is 38.3 Å². The van der Waals surface area contributed by atoms with Gasteiger partial charge in [-0.25, -0.2) is 0 Å². The van der Waals surface area contributed by atoms with Crippen LogP contribution >= 0.6 is 11.6 Å². The second-order valence-corrected chi connectivity index (χ2v) is 5.73. The Bertz CT molecular complexity index is 683. The number of halogens is 1. The van der Waals surface area contributed by atoms with E-state index in [1.54, 1.807) is 25.3 Å². The number of methoxy groups -OCH3 is 1. The van der Waals surface area contributed by atoms with Crippen molar-refractivity contribution < 1.29 is 9.53 Å². The molecule has 0 spiro atoms. The van der Waals surface area contributed by atoms with Crippen molar-refractivity contribution in [3.8, 4) is 5.75 Å². The fourth-order valence-corrected chi connectivity index (χ4v) is 2.60. The summed E-state index contributed by atoms with van der Waals surface area (Å²) in [6.07, 6.45) is 1.16. The van der Waals surface area contributed by atoms with Crippen molar-refractivity contribution in [2.45, 2.75) is 26.7 Å². The molecule has 1 N–H and O–H groups in total. The van der Waals surface area contributed by atoms with E-state index >= 15 is 0 Å². The smallest absolute Gasteiger partial charge is 0.224 e. The number of hydrogen-bond donors (Lipinski definition) is 1. The van der Waals surface area contributed by atoms with Crippen LogP contribution in [0.2, 0.25) is 5.02 Å². The van der Waals surface area contributed by atoms with Gasteiger partial charge in [-0.05, 0) is 49.6 Å². The van der Waals surface area contributed by atoms with Crippen LogP contribution in [0, 0.1) is 13.8 Å². The first kappa shape index (κ1) is 16.4. The number of rotatable bonds is 5. The van der Waals surface area contributed by atoms with Crippen LogP contribution in [0.5, 0.6) is 5.75 Å². The zero-order valence-electron chi connectivity index (χ0n) is 13.1. The van der Waals surface area contributed by atoms with Crippen molar-refractivity contribution in [2.75, 3.05) is 12.4 Å². The lowest BCUT2D eigenvalue weighted by molar-refractivity contribution is -0.116. The van der Waals surface area contributed by atoms with Crippen molar-refractivity contribution in [1.29, 1.82) is 0 Å². The Balaban J connectivity index is 1.94. The van der Waals surface area contributed by atoms with Gasteiger partial charge in [0.15, 0.2) is 0 Å². The van der Waals surface area contributed by atoms with E-state index in [4.69, 9.17) is 16.3 Å². The number of benzene rings is 2. The second-order valence-electron chi connectivity index (χ2n) is 5.33. The Labute approximate surface area is 136 Å². The summed E-state index contributed by atoms with van der Waals surface area (Å²) < 4.78 is 5.09. The summed E-state index contributed by atoms with van der Waals surface area (Å²) in [5.74, 6) is 0.566. The summed E-state index contributed by atoms with van der Waals surface area (Å²) in [5, 5.41) is 3.34. The van der Waals surface area contributed by atoms with E-state index in [2.05, 4.69) is 37.4 Å². The minimum Gasteiger partial charge on any atom is -0.495 e. The molecule has 2 rings (SSSR count). The Kier molecular flexibility index (Phi) is 5.45. The minimum absolute atomic E-state index is 0.0267. The average molecular weight is 318 g/mol. The standard InChI is InChI=1S/C18H20ClNO2/c1-12-4-5-14(13(2)10-12)6-9-18(21)20-15-7-8-17(22-3)16(19)11-15/h4-5,7-8,10-11H,6,9H2,1-3H3,(H,20,21). The highest BCUT2D eigenvalue weighted by Gasteiger charge is 2.07. The summed E-state index contributed by atoms with van der Waals surface area (Å²) >= 11 is 6.05. The van der Waals surface area contributed by atoms with Gasteiger partial charge in [0.1, 0.15) is 5.75 Å². The van der Waals surface area contributed by atoms with Crippen molar-refractivity contribution in [3.63, 3.8) is 0 Å². The molecule has 22 heavy (non-hydrogen) atoms. The number of carbonyl (C=O) groups is 1. The lowest BCUT2D eigenvalue weighted by Crippen LogP contribution is -2.12. The molecule has 2 aromatic carbocycles. The number of carbonyl (C=O) groups excluding carboxylic acids is 1. The zero-order chi connectivity index (χ0) is 16.1. The monoisotopic (exact) mass is 317 g/mol. The van der Waals surface area contributed by atoms with Crippen LogP contribution in [-0.4, -0.2) is 13.0 Å². The lowest BCUT2D eigenvalue weighted by atomic mass is 10.0. The first-order chi connectivity index (χ1) is 10.5. The summed E-state index contributed by atoms with van der Waals surface area (Å²) in [6.45, 7) is 4.14. The van der Waals surface area contributed by atoms with Crippen molar-refractivity contribution in [3.05, 3.63) is 58.1 Å². The highest BCUT2D eigenvalue weighted by Crippen LogP contribution is 2.27. The molecule has 1 amide bonds. The fourth-order valence-electron chi connectivity index (χ4n) is 2.34. The van der Waals surface area contributed by atoms with Gasteiger partial charge in [0, 0.05) is 12.1 Å². The maximum absolute atomic E-state index is 12.0. The molecule has 0 aliphatic rings. The number of ether oxygens (including phenoxy) is 1. The normalized spacial score (nSPS) is 10.4. The van der Waals surface area contributed by atoms with Crippen LogP contribution in [0.25, 0.3) is 0 Å². The molecule has 0 unspecified atom stereocenters. The molecular weight excluding hydrogens is 298 g/mol. The molecule has 0 bridgehead atoms. The van der Waals surface area contributed by atoms with Gasteiger partial charge < -0.3 is 10.1 Å². The Hall–Kier alpha value is -2.00. The van der Waals surface area contributed by atoms with E-state index in [9.17, 15) is 4.79 Å². The van der Waals surface area contributed by atoms with E-state index in [1.165, 1.54) is 16.7 Å². The van der Waals surface area contributed by atoms with E-state index < -0.39 is 0 Å². The third-order valence-electron chi connectivity index (χ3n) is 3.56. The molecular formula is C18H20ClNO2. The van der Waals surface area contributed by atoms with Crippen molar-refractivity contribution in [1.82, 2.24) is 0 Å². The Morgan fingerprint density at radius 1 is 1.18 bits per heavy atom. The highest BCUT2D eigenvalue weighted by molar-refractivity contribution is 6.32. The molecule has 0 saturated carbocycles. The van der Waals surface area contributed by atoms with Gasteiger partial charge in [0.2, 0.25) is 5.91 Å². The average Bonchev–Trinajstić information content (AvgIpc) is 2.46. The molecule has 2 aromatic rings. The molecule has 116 valence electrons. The molecule has 0 aromatic heterocycles. The summed E-state index contributed by atoms with van der Waals surface area (Å²) in [5.41, 5.74) is 4.34. The van der Waals surface area contributed by atoms with Gasteiger partial charge in [0.05, 0.1) is 12.1 Å².